The zero-order valence-electron chi connectivity index (χ0n) is 13.5. The summed E-state index contributed by atoms with van der Waals surface area (Å²) in [6, 6.07) is 7.36. The van der Waals surface area contributed by atoms with E-state index in [9.17, 15) is 18.0 Å². The van der Waals surface area contributed by atoms with Crippen LogP contribution in [0.3, 0.4) is 0 Å². The Kier molecular flexibility index (Phi) is 5.37. The van der Waals surface area contributed by atoms with Crippen LogP contribution < -0.4 is 5.32 Å². The predicted molar refractivity (Wildman–Crippen MR) is 85.8 cm³/mol. The molecule has 0 saturated carbocycles. The lowest BCUT2D eigenvalue weighted by Gasteiger charge is -2.28. The van der Waals surface area contributed by atoms with E-state index in [1.807, 2.05) is 0 Å². The molecule has 1 aliphatic rings. The van der Waals surface area contributed by atoms with Gasteiger partial charge in [-0.15, -0.1) is 0 Å². The third-order valence-corrected chi connectivity index (χ3v) is 4.33. The molecular formula is C17H19F3N4O. The van der Waals surface area contributed by atoms with E-state index in [1.165, 1.54) is 18.2 Å². The van der Waals surface area contributed by atoms with Crippen molar-refractivity contribution in [1.29, 1.82) is 0 Å². The SMILES string of the molecule is O=C(NC[C@@H](c1ccc(F)cc1)N1CCCC1)c1ccn(C(F)F)n1. The predicted octanol–water partition coefficient (Wildman–Crippen LogP) is 2.98. The van der Waals surface area contributed by atoms with Gasteiger partial charge in [-0.3, -0.25) is 9.69 Å². The third kappa shape index (κ3) is 4.19. The summed E-state index contributed by atoms with van der Waals surface area (Å²) in [6.45, 7) is -0.680. The maximum atomic E-state index is 13.2. The highest BCUT2D eigenvalue weighted by atomic mass is 19.3. The fraction of sp³-hybridized carbons (Fsp3) is 0.412. The fourth-order valence-electron chi connectivity index (χ4n) is 3.04. The number of rotatable bonds is 6. The molecule has 2 heterocycles. The van der Waals surface area contributed by atoms with Gasteiger partial charge < -0.3 is 5.32 Å². The second-order valence-electron chi connectivity index (χ2n) is 5.98. The third-order valence-electron chi connectivity index (χ3n) is 4.33. The van der Waals surface area contributed by atoms with Crippen molar-refractivity contribution in [3.05, 3.63) is 53.6 Å². The lowest BCUT2D eigenvalue weighted by molar-refractivity contribution is 0.0559. The summed E-state index contributed by atoms with van der Waals surface area (Å²) in [4.78, 5) is 14.4. The zero-order valence-corrected chi connectivity index (χ0v) is 13.5. The summed E-state index contributed by atoms with van der Waals surface area (Å²) >= 11 is 0. The monoisotopic (exact) mass is 352 g/mol. The van der Waals surface area contributed by atoms with Gasteiger partial charge >= 0.3 is 6.55 Å². The highest BCUT2D eigenvalue weighted by Crippen LogP contribution is 2.25. The second kappa shape index (κ2) is 7.69. The van der Waals surface area contributed by atoms with Crippen molar-refractivity contribution in [1.82, 2.24) is 20.0 Å². The normalized spacial score (nSPS) is 16.3. The van der Waals surface area contributed by atoms with Crippen LogP contribution in [0.1, 0.15) is 41.5 Å². The molecule has 1 amide bonds. The highest BCUT2D eigenvalue weighted by molar-refractivity contribution is 5.92. The van der Waals surface area contributed by atoms with Crippen LogP contribution in [-0.2, 0) is 0 Å². The van der Waals surface area contributed by atoms with E-state index >= 15 is 0 Å². The first-order valence-electron chi connectivity index (χ1n) is 8.15. The fourth-order valence-corrected chi connectivity index (χ4v) is 3.04. The van der Waals surface area contributed by atoms with Crippen LogP contribution in [-0.4, -0.2) is 40.2 Å². The van der Waals surface area contributed by atoms with E-state index < -0.39 is 12.5 Å². The number of halogens is 3. The van der Waals surface area contributed by atoms with Gasteiger partial charge in [0.2, 0.25) is 0 Å². The minimum atomic E-state index is -2.78. The molecule has 3 rings (SSSR count). The highest BCUT2D eigenvalue weighted by Gasteiger charge is 2.24. The first-order chi connectivity index (χ1) is 12.0. The number of hydrogen-bond donors (Lipinski definition) is 1. The zero-order chi connectivity index (χ0) is 17.8. The summed E-state index contributed by atoms with van der Waals surface area (Å²) in [6.07, 6.45) is 3.21. The first kappa shape index (κ1) is 17.5. The van der Waals surface area contributed by atoms with Crippen molar-refractivity contribution >= 4 is 5.91 Å². The number of nitrogens with zero attached hydrogens (tertiary/aromatic N) is 3. The van der Waals surface area contributed by atoms with Crippen molar-refractivity contribution in [2.75, 3.05) is 19.6 Å². The number of alkyl halides is 2. The smallest absolute Gasteiger partial charge is 0.333 e. The Morgan fingerprint density at radius 1 is 1.16 bits per heavy atom. The van der Waals surface area contributed by atoms with E-state index in [2.05, 4.69) is 15.3 Å². The maximum Gasteiger partial charge on any atom is 0.333 e. The summed E-state index contributed by atoms with van der Waals surface area (Å²) in [7, 11) is 0. The minimum Gasteiger partial charge on any atom is -0.349 e. The molecule has 0 spiro atoms. The number of nitrogens with one attached hydrogen (secondary N) is 1. The van der Waals surface area contributed by atoms with Crippen molar-refractivity contribution in [2.24, 2.45) is 0 Å². The summed E-state index contributed by atoms with van der Waals surface area (Å²) in [5.41, 5.74) is 0.848. The number of carbonyl (C=O) groups is 1. The van der Waals surface area contributed by atoms with Crippen LogP contribution in [0.15, 0.2) is 36.5 Å². The van der Waals surface area contributed by atoms with E-state index in [-0.39, 0.29) is 17.6 Å². The standard InChI is InChI=1S/C17H19F3N4O/c18-13-5-3-12(4-6-13)15(23-8-1-2-9-23)11-21-16(25)14-7-10-24(22-14)17(19)20/h3-7,10,15,17H,1-2,8-9,11H2,(H,21,25)/t15-/m0/s1. The lowest BCUT2D eigenvalue weighted by Crippen LogP contribution is -2.37. The number of aromatic nitrogens is 2. The number of benzene rings is 1. The van der Waals surface area contributed by atoms with Gasteiger partial charge in [0.1, 0.15) is 11.5 Å². The molecule has 5 nitrogen and oxygen atoms in total. The van der Waals surface area contributed by atoms with Gasteiger partial charge in [0.05, 0.1) is 6.04 Å². The van der Waals surface area contributed by atoms with Gasteiger partial charge in [-0.05, 0) is 49.7 Å². The van der Waals surface area contributed by atoms with Crippen LogP contribution in [0.4, 0.5) is 13.2 Å². The molecule has 2 aromatic rings. The molecule has 1 aliphatic heterocycles. The Labute approximate surface area is 143 Å². The van der Waals surface area contributed by atoms with E-state index in [1.54, 1.807) is 12.1 Å². The van der Waals surface area contributed by atoms with Crippen LogP contribution >= 0.6 is 0 Å². The number of hydrogen-bond acceptors (Lipinski definition) is 3. The van der Waals surface area contributed by atoms with Gasteiger partial charge in [-0.2, -0.15) is 13.9 Å². The molecule has 1 saturated heterocycles. The molecule has 0 radical (unpaired) electrons. The summed E-state index contributed by atoms with van der Waals surface area (Å²) in [5.74, 6) is -0.823. The first-order valence-corrected chi connectivity index (χ1v) is 8.15. The molecule has 1 aromatic carbocycles. The van der Waals surface area contributed by atoms with Crippen LogP contribution in [0.25, 0.3) is 0 Å². The Bertz CT molecular complexity index is 711. The quantitative estimate of drug-likeness (QED) is 0.870. The molecule has 1 atom stereocenters. The number of amides is 1. The van der Waals surface area contributed by atoms with Crippen molar-refractivity contribution in [3.8, 4) is 0 Å². The average Bonchev–Trinajstić information content (AvgIpc) is 3.28. The van der Waals surface area contributed by atoms with Crippen LogP contribution in [0.5, 0.6) is 0 Å². The Morgan fingerprint density at radius 2 is 1.84 bits per heavy atom. The molecule has 1 N–H and O–H groups in total. The second-order valence-corrected chi connectivity index (χ2v) is 5.98. The van der Waals surface area contributed by atoms with Crippen LogP contribution in [0.2, 0.25) is 0 Å². The molecule has 0 unspecified atom stereocenters. The Morgan fingerprint density at radius 3 is 2.44 bits per heavy atom. The van der Waals surface area contributed by atoms with Crippen LogP contribution in [0, 0.1) is 5.82 Å². The molecule has 8 heteroatoms. The number of carbonyl (C=O) groups excluding carboxylic acids is 1. The molecule has 134 valence electrons. The molecule has 0 bridgehead atoms. The molecule has 1 aromatic heterocycles. The molecule has 25 heavy (non-hydrogen) atoms. The van der Waals surface area contributed by atoms with Crippen molar-refractivity contribution < 1.29 is 18.0 Å². The minimum absolute atomic E-state index is 0.0559. The molecular weight excluding hydrogens is 333 g/mol. The molecule has 0 aliphatic carbocycles. The van der Waals surface area contributed by atoms with Gasteiger partial charge in [0.25, 0.3) is 5.91 Å². The van der Waals surface area contributed by atoms with E-state index in [0.29, 0.717) is 11.2 Å². The summed E-state index contributed by atoms with van der Waals surface area (Å²) in [5, 5.41) is 6.31. The lowest BCUT2D eigenvalue weighted by atomic mass is 10.1. The van der Waals surface area contributed by atoms with Gasteiger partial charge in [-0.25, -0.2) is 9.07 Å². The number of likely N-dealkylation sites (tertiary alicyclic amines) is 1. The average molecular weight is 352 g/mol. The van der Waals surface area contributed by atoms with Crippen molar-refractivity contribution in [2.45, 2.75) is 25.4 Å². The van der Waals surface area contributed by atoms with Gasteiger partial charge in [0, 0.05) is 12.7 Å². The van der Waals surface area contributed by atoms with Gasteiger partial charge in [0.15, 0.2) is 0 Å². The Balaban J connectivity index is 1.69. The largest absolute Gasteiger partial charge is 0.349 e. The van der Waals surface area contributed by atoms with Crippen molar-refractivity contribution in [3.63, 3.8) is 0 Å². The molecule has 1 fully saturated rings. The summed E-state index contributed by atoms with van der Waals surface area (Å²) < 4.78 is 38.7. The Hall–Kier alpha value is -2.35. The maximum absolute atomic E-state index is 13.2. The van der Waals surface area contributed by atoms with E-state index in [0.717, 1.165) is 37.7 Å². The van der Waals surface area contributed by atoms with Gasteiger partial charge in [-0.1, -0.05) is 12.1 Å². The van der Waals surface area contributed by atoms with E-state index in [4.69, 9.17) is 0 Å². The topological polar surface area (TPSA) is 50.2 Å².